The van der Waals surface area contributed by atoms with E-state index in [-0.39, 0.29) is 35.5 Å². The molecule has 1 aromatic heterocycles. The Morgan fingerprint density at radius 2 is 1.95 bits per heavy atom. The average molecular weight is 524 g/mol. The number of pyridine rings is 1. The number of carbonyl (C=O) groups excluding carboxylic acids is 1. The topological polar surface area (TPSA) is 57.7 Å². The molecule has 0 amide bonds. The molecule has 2 aromatic carbocycles. The summed E-state index contributed by atoms with van der Waals surface area (Å²) in [4.78, 5) is 16.6. The van der Waals surface area contributed by atoms with Crippen LogP contribution in [0.3, 0.4) is 0 Å². The quantitative estimate of drug-likeness (QED) is 0.235. The molecule has 3 aromatic rings. The number of hydrogen-bond acceptors (Lipinski definition) is 5. The number of ether oxygens (including phenoxy) is 3. The molecule has 1 aliphatic heterocycles. The third-order valence-corrected chi connectivity index (χ3v) is 7.88. The molecule has 0 saturated heterocycles. The first kappa shape index (κ1) is 25.5. The Hall–Kier alpha value is -3.12. The number of hydrogen-bond donors (Lipinski definition) is 0. The lowest BCUT2D eigenvalue weighted by molar-refractivity contribution is -0.145. The number of alkyl halides is 1. The molecule has 1 unspecified atom stereocenters. The Morgan fingerprint density at radius 3 is 2.65 bits per heavy atom. The Balaban J connectivity index is 1.42. The summed E-state index contributed by atoms with van der Waals surface area (Å²) in [5.74, 6) is 1.21. The van der Waals surface area contributed by atoms with Crippen molar-refractivity contribution in [3.05, 3.63) is 76.6 Å². The fourth-order valence-corrected chi connectivity index (χ4v) is 5.69. The van der Waals surface area contributed by atoms with Crippen LogP contribution in [0.5, 0.6) is 11.6 Å². The third-order valence-electron chi connectivity index (χ3n) is 7.59. The van der Waals surface area contributed by atoms with Crippen molar-refractivity contribution < 1.29 is 23.4 Å². The predicted octanol–water partition coefficient (Wildman–Crippen LogP) is 7.00. The monoisotopic (exact) mass is 523 g/mol. The Bertz CT molecular complexity index is 1310. The van der Waals surface area contributed by atoms with E-state index < -0.39 is 5.82 Å². The second-order valence-electron chi connectivity index (χ2n) is 9.92. The van der Waals surface area contributed by atoms with Gasteiger partial charge in [-0.2, -0.15) is 0 Å². The summed E-state index contributed by atoms with van der Waals surface area (Å²) in [6.07, 6.45) is 3.81. The first-order valence-corrected chi connectivity index (χ1v) is 13.2. The summed E-state index contributed by atoms with van der Waals surface area (Å²) < 4.78 is 31.3. The number of halogens is 2. The van der Waals surface area contributed by atoms with Crippen molar-refractivity contribution in [3.8, 4) is 22.9 Å². The molecule has 2 heterocycles. The Labute approximate surface area is 221 Å². The maximum absolute atomic E-state index is 14.6. The highest BCUT2D eigenvalue weighted by Gasteiger charge is 2.39. The summed E-state index contributed by atoms with van der Waals surface area (Å²) in [7, 11) is 2.95. The van der Waals surface area contributed by atoms with Gasteiger partial charge in [0.15, 0.2) is 0 Å². The molecule has 5 rings (SSSR count). The lowest BCUT2D eigenvalue weighted by Gasteiger charge is -2.29. The molecule has 0 spiro atoms. The van der Waals surface area contributed by atoms with Crippen molar-refractivity contribution in [1.29, 1.82) is 0 Å². The molecule has 0 radical (unpaired) electrons. The van der Waals surface area contributed by atoms with E-state index in [9.17, 15) is 9.18 Å². The summed E-state index contributed by atoms with van der Waals surface area (Å²) >= 11 is 6.30. The highest BCUT2D eigenvalue weighted by atomic mass is 35.5. The zero-order valence-corrected chi connectivity index (χ0v) is 22.1. The minimum Gasteiger partial charge on any atom is -0.485 e. The van der Waals surface area contributed by atoms with Crippen molar-refractivity contribution in [2.24, 2.45) is 11.8 Å². The van der Waals surface area contributed by atoms with E-state index >= 15 is 0 Å². The number of benzene rings is 2. The zero-order chi connectivity index (χ0) is 26.1. The number of methoxy groups -OCH3 is 2. The first-order chi connectivity index (χ1) is 17.9. The van der Waals surface area contributed by atoms with Gasteiger partial charge in [-0.3, -0.25) is 4.79 Å². The molecular weight excluding hydrogens is 493 g/mol. The van der Waals surface area contributed by atoms with Gasteiger partial charge in [0.05, 0.1) is 20.1 Å². The summed E-state index contributed by atoms with van der Waals surface area (Å²) in [6, 6.07) is 15.0. The van der Waals surface area contributed by atoms with Crippen LogP contribution in [0.25, 0.3) is 11.3 Å². The minimum atomic E-state index is -0.429. The van der Waals surface area contributed by atoms with Gasteiger partial charge in [0.25, 0.3) is 0 Å². The lowest BCUT2D eigenvalue weighted by Crippen LogP contribution is -2.23. The van der Waals surface area contributed by atoms with E-state index in [2.05, 4.69) is 23.2 Å². The van der Waals surface area contributed by atoms with Gasteiger partial charge in [-0.15, -0.1) is 11.6 Å². The van der Waals surface area contributed by atoms with Crippen molar-refractivity contribution in [3.63, 3.8) is 0 Å². The van der Waals surface area contributed by atoms with Crippen LogP contribution in [0.15, 0.2) is 48.5 Å². The van der Waals surface area contributed by atoms with Crippen LogP contribution >= 0.6 is 11.6 Å². The Kier molecular flexibility index (Phi) is 7.38. The van der Waals surface area contributed by atoms with E-state index in [1.54, 1.807) is 0 Å². The maximum atomic E-state index is 14.6. The second-order valence-corrected chi connectivity index (χ2v) is 10.2. The summed E-state index contributed by atoms with van der Waals surface area (Å²) in [6.45, 7) is 1.95. The molecule has 1 aliphatic carbocycles. The number of carbonyl (C=O) groups is 1. The number of rotatable bonds is 8. The van der Waals surface area contributed by atoms with Crippen molar-refractivity contribution in [2.75, 3.05) is 14.2 Å². The second kappa shape index (κ2) is 10.7. The van der Waals surface area contributed by atoms with Gasteiger partial charge in [-0.05, 0) is 71.9 Å². The van der Waals surface area contributed by atoms with Gasteiger partial charge in [0, 0.05) is 17.5 Å². The smallest absolute Gasteiger partial charge is 0.309 e. The molecule has 2 aliphatic rings. The van der Waals surface area contributed by atoms with Crippen LogP contribution in [0.1, 0.15) is 60.5 Å². The lowest BCUT2D eigenvalue weighted by atomic mass is 9.82. The van der Waals surface area contributed by atoms with Crippen molar-refractivity contribution in [1.82, 2.24) is 4.98 Å². The number of aromatic nitrogens is 1. The molecule has 0 bridgehead atoms. The highest BCUT2D eigenvalue weighted by molar-refractivity contribution is 6.17. The van der Waals surface area contributed by atoms with Gasteiger partial charge in [0.2, 0.25) is 5.88 Å². The normalized spacial score (nSPS) is 18.4. The van der Waals surface area contributed by atoms with Crippen LogP contribution in [0, 0.1) is 17.7 Å². The van der Waals surface area contributed by atoms with E-state index in [4.69, 9.17) is 25.8 Å². The largest absolute Gasteiger partial charge is 0.485 e. The summed E-state index contributed by atoms with van der Waals surface area (Å²) in [5.41, 5.74) is 4.90. The van der Waals surface area contributed by atoms with Gasteiger partial charge in [-0.1, -0.05) is 37.3 Å². The predicted molar refractivity (Wildman–Crippen MR) is 141 cm³/mol. The minimum absolute atomic E-state index is 0.120. The molecule has 5 nitrogen and oxygen atoms in total. The SMILES string of the molecule is COC(=O)[C@@H](C)[C@H](c1ccc2c(c1)OC(c1ccc(-c3nc(OC)ccc3F)c(CCl)c1)CC2)C1CC1. The van der Waals surface area contributed by atoms with Crippen LogP contribution < -0.4 is 9.47 Å². The van der Waals surface area contributed by atoms with Crippen LogP contribution in [0.4, 0.5) is 4.39 Å². The molecule has 3 atom stereocenters. The highest BCUT2D eigenvalue weighted by Crippen LogP contribution is 2.48. The number of aryl methyl sites for hydroxylation is 1. The van der Waals surface area contributed by atoms with E-state index in [1.165, 1.54) is 26.4 Å². The number of nitrogens with zero attached hydrogens (tertiary/aromatic N) is 1. The van der Waals surface area contributed by atoms with Gasteiger partial charge >= 0.3 is 5.97 Å². The fourth-order valence-electron chi connectivity index (χ4n) is 5.47. The van der Waals surface area contributed by atoms with Crippen molar-refractivity contribution >= 4 is 17.6 Å². The summed E-state index contributed by atoms with van der Waals surface area (Å²) in [5, 5.41) is 0. The van der Waals surface area contributed by atoms with Gasteiger partial charge in [-0.25, -0.2) is 9.37 Å². The number of fused-ring (bicyclic) bond motifs is 1. The third kappa shape index (κ3) is 5.17. The van der Waals surface area contributed by atoms with Crippen LogP contribution in [-0.4, -0.2) is 25.2 Å². The van der Waals surface area contributed by atoms with E-state index in [0.29, 0.717) is 17.4 Å². The van der Waals surface area contributed by atoms with E-state index in [0.717, 1.165) is 53.7 Å². The average Bonchev–Trinajstić information content (AvgIpc) is 3.77. The molecule has 0 N–H and O–H groups in total. The van der Waals surface area contributed by atoms with Gasteiger partial charge < -0.3 is 14.2 Å². The maximum Gasteiger partial charge on any atom is 0.309 e. The van der Waals surface area contributed by atoms with E-state index in [1.807, 2.05) is 25.1 Å². The van der Waals surface area contributed by atoms with Gasteiger partial charge in [0.1, 0.15) is 23.4 Å². The fraction of sp³-hybridized carbons (Fsp3) is 0.400. The molecule has 1 saturated carbocycles. The standard InChI is InChI=1S/C30H31ClFNO4/c1-17(30(34)36-3)28(19-5-6-19)21-7-4-18-9-12-25(37-26(18)15-21)20-8-10-23(22(14-20)16-31)29-24(32)11-13-27(33-29)35-2/h4,7-8,10-11,13-15,17,19,25,28H,5-6,9,12,16H2,1-3H3/t17-,25?,28-/m0/s1. The molecule has 7 heteroatoms. The van der Waals surface area contributed by atoms with Crippen LogP contribution in [-0.2, 0) is 21.8 Å². The molecular formula is C30H31ClFNO4. The van der Waals surface area contributed by atoms with Crippen molar-refractivity contribution in [2.45, 2.75) is 50.5 Å². The van der Waals surface area contributed by atoms with Crippen LogP contribution in [0.2, 0.25) is 0 Å². The molecule has 194 valence electrons. The Morgan fingerprint density at radius 1 is 1.14 bits per heavy atom. The first-order valence-electron chi connectivity index (χ1n) is 12.7. The zero-order valence-electron chi connectivity index (χ0n) is 21.3. The number of esters is 1. The molecule has 37 heavy (non-hydrogen) atoms. The molecule has 1 fully saturated rings.